The molecule has 0 amide bonds. The molecule has 0 saturated heterocycles. The van der Waals surface area contributed by atoms with E-state index in [2.05, 4.69) is 37.9 Å². The van der Waals surface area contributed by atoms with Crippen LogP contribution in [0, 0.1) is 0 Å². The first-order valence-corrected chi connectivity index (χ1v) is 8.96. The number of hydrogen-bond acceptors (Lipinski definition) is 3. The number of halogens is 1. The van der Waals surface area contributed by atoms with E-state index >= 15 is 0 Å². The molecule has 3 N–H and O–H groups in total. The predicted octanol–water partition coefficient (Wildman–Crippen LogP) is 3.08. The number of anilines is 1. The first-order chi connectivity index (χ1) is 10.0. The molecule has 114 valence electrons. The fourth-order valence-electron chi connectivity index (χ4n) is 1.82. The Morgan fingerprint density at radius 1 is 1.29 bits per heavy atom. The zero-order valence-electron chi connectivity index (χ0n) is 11.7. The van der Waals surface area contributed by atoms with Crippen molar-refractivity contribution in [3.05, 3.63) is 46.7 Å². The molecule has 0 saturated carbocycles. The van der Waals surface area contributed by atoms with E-state index in [0.717, 1.165) is 18.7 Å². The van der Waals surface area contributed by atoms with E-state index in [1.807, 2.05) is 6.07 Å². The van der Waals surface area contributed by atoms with Gasteiger partial charge in [-0.05, 0) is 47.1 Å². The van der Waals surface area contributed by atoms with Crippen LogP contribution in [0.4, 0.5) is 5.69 Å². The van der Waals surface area contributed by atoms with Crippen LogP contribution in [-0.2, 0) is 16.6 Å². The fourth-order valence-corrected chi connectivity index (χ4v) is 3.44. The lowest BCUT2D eigenvalue weighted by Gasteiger charge is -2.07. The molecular weight excluding hydrogens is 354 g/mol. The number of aromatic amines is 1. The molecule has 5 nitrogen and oxygen atoms in total. The smallest absolute Gasteiger partial charge is 0.263 e. The van der Waals surface area contributed by atoms with E-state index in [1.165, 1.54) is 6.20 Å². The Balaban J connectivity index is 2.11. The maximum Gasteiger partial charge on any atom is 0.263 e. The third kappa shape index (κ3) is 4.33. The maximum atomic E-state index is 12.3. The van der Waals surface area contributed by atoms with Crippen LogP contribution in [0.1, 0.15) is 19.0 Å². The third-order valence-corrected chi connectivity index (χ3v) is 4.92. The Kier molecular flexibility index (Phi) is 5.44. The van der Waals surface area contributed by atoms with Crippen molar-refractivity contribution >= 4 is 31.6 Å². The molecule has 0 fully saturated rings. The second-order valence-corrected chi connectivity index (χ2v) is 7.16. The average Bonchev–Trinajstić information content (AvgIpc) is 2.91. The van der Waals surface area contributed by atoms with E-state index in [-0.39, 0.29) is 4.90 Å². The third-order valence-electron chi connectivity index (χ3n) is 2.89. The minimum absolute atomic E-state index is 0.228. The lowest BCUT2D eigenvalue weighted by Crippen LogP contribution is -2.14. The SMILES string of the molecule is CCCNCc1cc(S(=O)(=O)Nc2ccccc2Br)c[nH]1. The topological polar surface area (TPSA) is 74.0 Å². The molecule has 1 aromatic carbocycles. The Morgan fingerprint density at radius 2 is 2.05 bits per heavy atom. The van der Waals surface area contributed by atoms with E-state index in [0.29, 0.717) is 16.7 Å². The average molecular weight is 372 g/mol. The standard InChI is InChI=1S/C14H18BrN3O2S/c1-2-7-16-9-11-8-12(10-17-11)21(19,20)18-14-6-4-3-5-13(14)15/h3-6,8,10,16-18H,2,7,9H2,1H3. The van der Waals surface area contributed by atoms with Gasteiger partial charge >= 0.3 is 0 Å². The van der Waals surface area contributed by atoms with E-state index < -0.39 is 10.0 Å². The number of hydrogen-bond donors (Lipinski definition) is 3. The monoisotopic (exact) mass is 371 g/mol. The molecule has 2 aromatic rings. The normalized spacial score (nSPS) is 11.5. The van der Waals surface area contributed by atoms with Gasteiger partial charge in [-0.25, -0.2) is 8.42 Å². The molecule has 0 bridgehead atoms. The summed E-state index contributed by atoms with van der Waals surface area (Å²) in [5, 5.41) is 3.22. The van der Waals surface area contributed by atoms with Gasteiger partial charge in [0.05, 0.1) is 5.69 Å². The molecule has 0 radical (unpaired) electrons. The quantitative estimate of drug-likeness (QED) is 0.654. The Bertz CT molecular complexity index is 698. The van der Waals surface area contributed by atoms with Crippen LogP contribution in [0.3, 0.4) is 0 Å². The van der Waals surface area contributed by atoms with Crippen molar-refractivity contribution in [1.29, 1.82) is 0 Å². The van der Waals surface area contributed by atoms with Gasteiger partial charge in [0.25, 0.3) is 10.0 Å². The van der Waals surface area contributed by atoms with Crippen LogP contribution in [0.2, 0.25) is 0 Å². The van der Waals surface area contributed by atoms with Crippen LogP contribution in [0.5, 0.6) is 0 Å². The first kappa shape index (κ1) is 16.1. The Labute approximate surface area is 133 Å². The summed E-state index contributed by atoms with van der Waals surface area (Å²) in [6.07, 6.45) is 2.54. The van der Waals surface area contributed by atoms with Gasteiger partial charge in [-0.3, -0.25) is 4.72 Å². The minimum atomic E-state index is -3.58. The first-order valence-electron chi connectivity index (χ1n) is 6.68. The molecule has 1 heterocycles. The highest BCUT2D eigenvalue weighted by Gasteiger charge is 2.17. The highest BCUT2D eigenvalue weighted by atomic mass is 79.9. The molecule has 0 aliphatic heterocycles. The molecule has 21 heavy (non-hydrogen) atoms. The fraction of sp³-hybridized carbons (Fsp3) is 0.286. The Morgan fingerprint density at radius 3 is 2.76 bits per heavy atom. The second-order valence-electron chi connectivity index (χ2n) is 4.62. The van der Waals surface area contributed by atoms with Gasteiger partial charge in [0, 0.05) is 22.9 Å². The van der Waals surface area contributed by atoms with Gasteiger partial charge < -0.3 is 10.3 Å². The summed E-state index contributed by atoms with van der Waals surface area (Å²) in [5.41, 5.74) is 1.36. The number of nitrogens with one attached hydrogen (secondary N) is 3. The van der Waals surface area contributed by atoms with Crippen molar-refractivity contribution in [3.8, 4) is 0 Å². The van der Waals surface area contributed by atoms with Crippen molar-refractivity contribution in [1.82, 2.24) is 10.3 Å². The highest BCUT2D eigenvalue weighted by Crippen LogP contribution is 2.24. The molecule has 0 spiro atoms. The van der Waals surface area contributed by atoms with Crippen molar-refractivity contribution < 1.29 is 8.42 Å². The molecule has 0 aliphatic carbocycles. The van der Waals surface area contributed by atoms with Crippen LogP contribution in [0.25, 0.3) is 0 Å². The number of aromatic nitrogens is 1. The predicted molar refractivity (Wildman–Crippen MR) is 87.7 cm³/mol. The van der Waals surface area contributed by atoms with Crippen LogP contribution >= 0.6 is 15.9 Å². The zero-order chi connectivity index (χ0) is 15.3. The summed E-state index contributed by atoms with van der Waals surface area (Å²) in [6, 6.07) is 8.74. The summed E-state index contributed by atoms with van der Waals surface area (Å²) in [7, 11) is -3.58. The van der Waals surface area contributed by atoms with Gasteiger partial charge in [-0.1, -0.05) is 19.1 Å². The Hall–Kier alpha value is -1.31. The second kappa shape index (κ2) is 7.11. The number of sulfonamides is 1. The maximum absolute atomic E-state index is 12.3. The van der Waals surface area contributed by atoms with Crippen molar-refractivity contribution in [2.75, 3.05) is 11.3 Å². The summed E-state index contributed by atoms with van der Waals surface area (Å²) in [4.78, 5) is 3.21. The van der Waals surface area contributed by atoms with Gasteiger partial charge in [-0.2, -0.15) is 0 Å². The van der Waals surface area contributed by atoms with E-state index in [1.54, 1.807) is 24.3 Å². The van der Waals surface area contributed by atoms with Crippen LogP contribution < -0.4 is 10.0 Å². The molecular formula is C14H18BrN3O2S. The molecule has 0 unspecified atom stereocenters. The van der Waals surface area contributed by atoms with Gasteiger partial charge in [0.15, 0.2) is 0 Å². The summed E-state index contributed by atoms with van der Waals surface area (Å²) in [5.74, 6) is 0. The number of para-hydroxylation sites is 1. The molecule has 7 heteroatoms. The lowest BCUT2D eigenvalue weighted by molar-refractivity contribution is 0.601. The minimum Gasteiger partial charge on any atom is -0.363 e. The van der Waals surface area contributed by atoms with Gasteiger partial charge in [0.1, 0.15) is 4.90 Å². The summed E-state index contributed by atoms with van der Waals surface area (Å²) in [6.45, 7) is 3.61. The van der Waals surface area contributed by atoms with E-state index in [9.17, 15) is 8.42 Å². The highest BCUT2D eigenvalue weighted by molar-refractivity contribution is 9.10. The van der Waals surface area contributed by atoms with Crippen LogP contribution in [0.15, 0.2) is 45.9 Å². The molecule has 1 aromatic heterocycles. The lowest BCUT2D eigenvalue weighted by atomic mass is 10.3. The number of rotatable bonds is 7. The molecule has 2 rings (SSSR count). The zero-order valence-corrected chi connectivity index (χ0v) is 14.1. The van der Waals surface area contributed by atoms with Crippen LogP contribution in [-0.4, -0.2) is 19.9 Å². The van der Waals surface area contributed by atoms with Gasteiger partial charge in [-0.15, -0.1) is 0 Å². The summed E-state index contributed by atoms with van der Waals surface area (Å²) < 4.78 is 27.9. The number of H-pyrrole nitrogens is 1. The van der Waals surface area contributed by atoms with Crippen molar-refractivity contribution in [3.63, 3.8) is 0 Å². The molecule has 0 atom stereocenters. The van der Waals surface area contributed by atoms with Crippen molar-refractivity contribution in [2.24, 2.45) is 0 Å². The van der Waals surface area contributed by atoms with Crippen molar-refractivity contribution in [2.45, 2.75) is 24.8 Å². The summed E-state index contributed by atoms with van der Waals surface area (Å²) >= 11 is 3.32. The van der Waals surface area contributed by atoms with Gasteiger partial charge in [0.2, 0.25) is 0 Å². The number of benzene rings is 1. The van der Waals surface area contributed by atoms with E-state index in [4.69, 9.17) is 0 Å². The largest absolute Gasteiger partial charge is 0.363 e. The molecule has 0 aliphatic rings.